The van der Waals surface area contributed by atoms with Crippen LogP contribution in [0, 0.1) is 11.7 Å². The first-order valence-electron chi connectivity index (χ1n) is 12.1. The van der Waals surface area contributed by atoms with E-state index >= 15 is 0 Å². The number of hydrogen-bond donors (Lipinski definition) is 3. The maximum atomic E-state index is 14.9. The molecule has 186 valence electrons. The van der Waals surface area contributed by atoms with Gasteiger partial charge in [0.15, 0.2) is 0 Å². The Morgan fingerprint density at radius 3 is 2.65 bits per heavy atom. The molecule has 0 aromatic heterocycles. The highest BCUT2D eigenvalue weighted by atomic mass is 19.1. The fourth-order valence-electron chi connectivity index (χ4n) is 5.52. The molecule has 1 saturated carbocycles. The number of nitrogens with one attached hydrogen (secondary N) is 2. The minimum Gasteiger partial charge on any atom is -0.444 e. The van der Waals surface area contributed by atoms with Crippen molar-refractivity contribution in [2.24, 2.45) is 11.7 Å². The van der Waals surface area contributed by atoms with Crippen LogP contribution < -0.4 is 16.4 Å². The molecule has 9 heteroatoms. The summed E-state index contributed by atoms with van der Waals surface area (Å²) in [7, 11) is 0. The summed E-state index contributed by atoms with van der Waals surface area (Å²) in [5.74, 6) is -1.34. The van der Waals surface area contributed by atoms with Gasteiger partial charge in [-0.2, -0.15) is 0 Å². The van der Waals surface area contributed by atoms with Gasteiger partial charge in [0.25, 0.3) is 0 Å². The van der Waals surface area contributed by atoms with Crippen molar-refractivity contribution in [2.45, 2.75) is 82.5 Å². The fourth-order valence-corrected chi connectivity index (χ4v) is 5.52. The van der Waals surface area contributed by atoms with E-state index in [4.69, 9.17) is 10.5 Å². The number of hydrogen-bond acceptors (Lipinski definition) is 5. The van der Waals surface area contributed by atoms with Crippen molar-refractivity contribution in [2.75, 3.05) is 13.1 Å². The van der Waals surface area contributed by atoms with Crippen molar-refractivity contribution in [3.05, 3.63) is 35.1 Å². The molecular weight excluding hydrogens is 439 g/mol. The minimum atomic E-state index is -1.08. The van der Waals surface area contributed by atoms with E-state index < -0.39 is 41.4 Å². The molecule has 2 saturated heterocycles. The van der Waals surface area contributed by atoms with E-state index in [-0.39, 0.29) is 24.3 Å². The van der Waals surface area contributed by atoms with E-state index in [1.165, 1.54) is 11.0 Å². The first-order valence-corrected chi connectivity index (χ1v) is 12.1. The molecule has 2 heterocycles. The van der Waals surface area contributed by atoms with Crippen molar-refractivity contribution < 1.29 is 23.5 Å². The topological polar surface area (TPSA) is 114 Å². The number of likely N-dealkylation sites (tertiary alicyclic amines) is 1. The molecule has 4 N–H and O–H groups in total. The van der Waals surface area contributed by atoms with E-state index in [1.54, 1.807) is 26.8 Å². The lowest BCUT2D eigenvalue weighted by molar-refractivity contribution is -0.132. The lowest BCUT2D eigenvalue weighted by Gasteiger charge is -2.36. The van der Waals surface area contributed by atoms with Crippen LogP contribution >= 0.6 is 0 Å². The number of benzene rings is 1. The van der Waals surface area contributed by atoms with Crippen molar-refractivity contribution in [1.29, 1.82) is 0 Å². The molecule has 34 heavy (non-hydrogen) atoms. The first-order chi connectivity index (χ1) is 16.0. The first kappa shape index (κ1) is 24.4. The Balaban J connectivity index is 1.46. The average molecular weight is 475 g/mol. The Kier molecular flexibility index (Phi) is 6.85. The van der Waals surface area contributed by atoms with Gasteiger partial charge in [0.1, 0.15) is 23.5 Å². The number of primary amides is 1. The van der Waals surface area contributed by atoms with Gasteiger partial charge >= 0.3 is 6.09 Å². The summed E-state index contributed by atoms with van der Waals surface area (Å²) in [5, 5.41) is 5.96. The molecule has 5 unspecified atom stereocenters. The van der Waals surface area contributed by atoms with Crippen LogP contribution in [-0.4, -0.2) is 59.6 Å². The van der Waals surface area contributed by atoms with Crippen LogP contribution in [-0.2, 0) is 20.7 Å². The number of fused-ring (bicyclic) bond motifs is 2. The van der Waals surface area contributed by atoms with Crippen molar-refractivity contribution >= 4 is 17.9 Å². The molecule has 3 aliphatic rings. The molecule has 4 rings (SSSR count). The summed E-state index contributed by atoms with van der Waals surface area (Å²) in [6, 6.07) is 3.18. The smallest absolute Gasteiger partial charge is 0.411 e. The van der Waals surface area contributed by atoms with Gasteiger partial charge in [-0.1, -0.05) is 12.1 Å². The molecule has 8 nitrogen and oxygen atoms in total. The molecule has 3 fully saturated rings. The second-order valence-electron chi connectivity index (χ2n) is 10.8. The third-order valence-electron chi connectivity index (χ3n) is 7.15. The maximum absolute atomic E-state index is 14.9. The molecule has 0 spiro atoms. The van der Waals surface area contributed by atoms with Crippen molar-refractivity contribution in [3.63, 3.8) is 0 Å². The Hall–Kier alpha value is -2.68. The average Bonchev–Trinajstić information content (AvgIpc) is 3.50. The van der Waals surface area contributed by atoms with Crippen molar-refractivity contribution in [1.82, 2.24) is 15.5 Å². The number of carbonyl (C=O) groups is 3. The van der Waals surface area contributed by atoms with Gasteiger partial charge in [-0.15, -0.1) is 0 Å². The number of rotatable bonds is 6. The molecule has 1 aromatic rings. The zero-order chi connectivity index (χ0) is 24.6. The lowest BCUT2D eigenvalue weighted by atomic mass is 9.94. The second-order valence-corrected chi connectivity index (χ2v) is 10.8. The molecule has 5 atom stereocenters. The van der Waals surface area contributed by atoms with Gasteiger partial charge in [0.2, 0.25) is 11.8 Å². The fraction of sp³-hybridized carbons (Fsp3) is 0.640. The largest absolute Gasteiger partial charge is 0.444 e. The van der Waals surface area contributed by atoms with Gasteiger partial charge in [-0.3, -0.25) is 14.5 Å². The summed E-state index contributed by atoms with van der Waals surface area (Å²) in [5.41, 5.74) is 6.12. The van der Waals surface area contributed by atoms with Gasteiger partial charge in [-0.05, 0) is 82.0 Å². The normalized spacial score (nSPS) is 27.0. The quantitative estimate of drug-likeness (QED) is 0.585. The Labute approximate surface area is 199 Å². The molecular formula is C25H35FN4O4. The molecule has 1 aliphatic carbocycles. The zero-order valence-electron chi connectivity index (χ0n) is 20.1. The van der Waals surface area contributed by atoms with Crippen LogP contribution in [0.4, 0.5) is 9.18 Å². The summed E-state index contributed by atoms with van der Waals surface area (Å²) in [6.45, 7) is 7.06. The molecule has 1 aromatic carbocycles. The number of halogens is 1. The van der Waals surface area contributed by atoms with E-state index in [9.17, 15) is 18.8 Å². The summed E-state index contributed by atoms with van der Waals surface area (Å²) in [6.07, 6.45) is 2.75. The number of nitrogens with two attached hydrogens (primary N) is 1. The predicted octanol–water partition coefficient (Wildman–Crippen LogP) is 2.20. The highest BCUT2D eigenvalue weighted by Gasteiger charge is 2.52. The van der Waals surface area contributed by atoms with Crippen LogP contribution in [0.5, 0.6) is 0 Å². The second kappa shape index (κ2) is 9.52. The van der Waals surface area contributed by atoms with Crippen LogP contribution in [0.15, 0.2) is 18.2 Å². The van der Waals surface area contributed by atoms with Gasteiger partial charge in [0, 0.05) is 19.0 Å². The third kappa shape index (κ3) is 5.19. The summed E-state index contributed by atoms with van der Waals surface area (Å²) < 4.78 is 20.4. The highest BCUT2D eigenvalue weighted by Crippen LogP contribution is 2.43. The van der Waals surface area contributed by atoms with Crippen LogP contribution in [0.25, 0.3) is 0 Å². The number of nitrogens with zero attached hydrogens (tertiary/aromatic N) is 1. The van der Waals surface area contributed by atoms with Gasteiger partial charge in [0.05, 0.1) is 0 Å². The predicted molar refractivity (Wildman–Crippen MR) is 124 cm³/mol. The van der Waals surface area contributed by atoms with E-state index in [0.29, 0.717) is 5.56 Å². The van der Waals surface area contributed by atoms with E-state index in [0.717, 1.165) is 44.3 Å². The van der Waals surface area contributed by atoms with Gasteiger partial charge in [-0.25, -0.2) is 9.18 Å². The Morgan fingerprint density at radius 2 is 2.03 bits per heavy atom. The maximum Gasteiger partial charge on any atom is 0.411 e. The third-order valence-corrected chi connectivity index (χ3v) is 7.15. The summed E-state index contributed by atoms with van der Waals surface area (Å²) in [4.78, 5) is 39.8. The zero-order valence-corrected chi connectivity index (χ0v) is 20.1. The van der Waals surface area contributed by atoms with E-state index in [2.05, 4.69) is 10.6 Å². The van der Waals surface area contributed by atoms with Crippen LogP contribution in [0.2, 0.25) is 0 Å². The van der Waals surface area contributed by atoms with E-state index in [1.807, 2.05) is 6.07 Å². The summed E-state index contributed by atoms with van der Waals surface area (Å²) >= 11 is 0. The van der Waals surface area contributed by atoms with Gasteiger partial charge < -0.3 is 21.1 Å². The van der Waals surface area contributed by atoms with Crippen LogP contribution in [0.1, 0.15) is 63.5 Å². The number of piperidine rings is 1. The molecule has 2 bridgehead atoms. The number of ether oxygens (including phenoxy) is 1. The minimum absolute atomic E-state index is 0.00193. The van der Waals surface area contributed by atoms with Crippen LogP contribution in [0.3, 0.4) is 0 Å². The number of carbonyl (C=O) groups excluding carboxylic acids is 3. The lowest BCUT2D eigenvalue weighted by Crippen LogP contribution is -2.57. The standard InChI is InChI=1S/C25H35FN4O4/c1-25(2,3)34-24(33)30-18-7-6-16(10-18)21(30)23(32)29-20(22(27)31)12-15-5-4-14(11-19(15)26)17-8-9-28-13-17/h4-5,11,16-18,20-21,28H,6-10,12-13H2,1-3H3,(H2,27,31)(H,29,32). The highest BCUT2D eigenvalue weighted by molar-refractivity contribution is 5.91. The SMILES string of the molecule is CC(C)(C)OC(=O)N1C2CCC(C2)C1C(=O)NC(Cc1ccc(C2CCNC2)cc1F)C(N)=O. The molecule has 2 aliphatic heterocycles. The Bertz CT molecular complexity index is 957. The molecule has 0 radical (unpaired) electrons. The monoisotopic (exact) mass is 474 g/mol. The molecule has 3 amide bonds. The van der Waals surface area contributed by atoms with Crippen molar-refractivity contribution in [3.8, 4) is 0 Å². The Morgan fingerprint density at radius 1 is 1.26 bits per heavy atom. The number of amides is 3.